The lowest BCUT2D eigenvalue weighted by atomic mass is 10.1. The number of fused-ring (bicyclic) bond motifs is 1. The van der Waals surface area contributed by atoms with Crippen LogP contribution in [0.15, 0.2) is 36.4 Å². The molecule has 18 heavy (non-hydrogen) atoms. The van der Waals surface area contributed by atoms with Crippen molar-refractivity contribution in [1.82, 2.24) is 5.32 Å². The Bertz CT molecular complexity index is 540. The summed E-state index contributed by atoms with van der Waals surface area (Å²) in [6, 6.07) is 12.1. The lowest BCUT2D eigenvalue weighted by Crippen LogP contribution is -2.50. The molecular formula is C14H16ClNO2. The van der Waals surface area contributed by atoms with Gasteiger partial charge in [0.2, 0.25) is 0 Å². The van der Waals surface area contributed by atoms with Gasteiger partial charge in [0.25, 0.3) is 0 Å². The minimum atomic E-state index is 0. The van der Waals surface area contributed by atoms with E-state index in [0.29, 0.717) is 6.10 Å². The SMILES string of the molecule is COc1ccc(OC2CNC2)c2ccccc12.Cl. The number of hydrogen-bond acceptors (Lipinski definition) is 3. The second-order valence-corrected chi connectivity index (χ2v) is 4.21. The Kier molecular flexibility index (Phi) is 3.94. The van der Waals surface area contributed by atoms with Gasteiger partial charge in [0.1, 0.15) is 17.6 Å². The summed E-state index contributed by atoms with van der Waals surface area (Å²) in [5.41, 5.74) is 0. The summed E-state index contributed by atoms with van der Waals surface area (Å²) in [5.74, 6) is 1.83. The molecule has 3 nitrogen and oxygen atoms in total. The first-order valence-electron chi connectivity index (χ1n) is 5.81. The number of nitrogens with one attached hydrogen (secondary N) is 1. The minimum Gasteiger partial charge on any atom is -0.496 e. The second-order valence-electron chi connectivity index (χ2n) is 4.21. The summed E-state index contributed by atoms with van der Waals surface area (Å²) < 4.78 is 11.3. The number of hydrogen-bond donors (Lipinski definition) is 1. The molecule has 0 spiro atoms. The van der Waals surface area contributed by atoms with E-state index in [1.807, 2.05) is 24.3 Å². The van der Waals surface area contributed by atoms with Crippen LogP contribution in [0.5, 0.6) is 11.5 Å². The molecule has 0 saturated carbocycles. The lowest BCUT2D eigenvalue weighted by molar-refractivity contribution is 0.144. The van der Waals surface area contributed by atoms with Crippen molar-refractivity contribution in [1.29, 1.82) is 0 Å². The van der Waals surface area contributed by atoms with Crippen molar-refractivity contribution in [2.24, 2.45) is 0 Å². The molecular weight excluding hydrogens is 250 g/mol. The van der Waals surface area contributed by atoms with Crippen molar-refractivity contribution in [2.75, 3.05) is 20.2 Å². The first-order chi connectivity index (χ1) is 8.38. The van der Waals surface area contributed by atoms with Crippen LogP contribution in [0.1, 0.15) is 0 Å². The third-order valence-corrected chi connectivity index (χ3v) is 3.10. The summed E-state index contributed by atoms with van der Waals surface area (Å²) >= 11 is 0. The number of ether oxygens (including phenoxy) is 2. The van der Waals surface area contributed by atoms with Gasteiger partial charge in [-0.1, -0.05) is 24.3 Å². The zero-order valence-corrected chi connectivity index (χ0v) is 11.0. The molecule has 0 aliphatic carbocycles. The van der Waals surface area contributed by atoms with Gasteiger partial charge in [0.15, 0.2) is 0 Å². The highest BCUT2D eigenvalue weighted by molar-refractivity contribution is 5.93. The summed E-state index contributed by atoms with van der Waals surface area (Å²) in [6.45, 7) is 1.86. The van der Waals surface area contributed by atoms with Crippen LogP contribution in [0.3, 0.4) is 0 Å². The van der Waals surface area contributed by atoms with Crippen LogP contribution < -0.4 is 14.8 Å². The lowest BCUT2D eigenvalue weighted by Gasteiger charge is -2.28. The van der Waals surface area contributed by atoms with Crippen molar-refractivity contribution in [3.63, 3.8) is 0 Å². The fourth-order valence-electron chi connectivity index (χ4n) is 2.05. The monoisotopic (exact) mass is 265 g/mol. The van der Waals surface area contributed by atoms with E-state index >= 15 is 0 Å². The van der Waals surface area contributed by atoms with Gasteiger partial charge in [-0.15, -0.1) is 12.4 Å². The molecule has 0 unspecified atom stereocenters. The molecule has 1 heterocycles. The number of halogens is 1. The van der Waals surface area contributed by atoms with Crippen LogP contribution in [0.2, 0.25) is 0 Å². The maximum Gasteiger partial charge on any atom is 0.127 e. The van der Waals surface area contributed by atoms with Crippen molar-refractivity contribution in [3.8, 4) is 11.5 Å². The molecule has 96 valence electrons. The predicted molar refractivity (Wildman–Crippen MR) is 75.0 cm³/mol. The van der Waals surface area contributed by atoms with E-state index in [4.69, 9.17) is 9.47 Å². The van der Waals surface area contributed by atoms with Gasteiger partial charge in [0.05, 0.1) is 7.11 Å². The fraction of sp³-hybridized carbons (Fsp3) is 0.286. The summed E-state index contributed by atoms with van der Waals surface area (Å²) in [5, 5.41) is 5.41. The molecule has 0 aromatic heterocycles. The van der Waals surface area contributed by atoms with E-state index < -0.39 is 0 Å². The van der Waals surface area contributed by atoms with Crippen LogP contribution in [0.4, 0.5) is 0 Å². The van der Waals surface area contributed by atoms with Gasteiger partial charge < -0.3 is 14.8 Å². The summed E-state index contributed by atoms with van der Waals surface area (Å²) in [6.07, 6.45) is 0.298. The second kappa shape index (κ2) is 5.46. The Morgan fingerprint density at radius 2 is 1.61 bits per heavy atom. The summed E-state index contributed by atoms with van der Waals surface area (Å²) in [4.78, 5) is 0. The van der Waals surface area contributed by atoms with Gasteiger partial charge in [-0.2, -0.15) is 0 Å². The van der Waals surface area contributed by atoms with Crippen LogP contribution in [0, 0.1) is 0 Å². The number of benzene rings is 2. The third kappa shape index (κ3) is 2.24. The van der Waals surface area contributed by atoms with Gasteiger partial charge in [-0.25, -0.2) is 0 Å². The first kappa shape index (κ1) is 13.0. The highest BCUT2D eigenvalue weighted by Crippen LogP contribution is 2.33. The normalized spacial score (nSPS) is 14.7. The molecule has 1 N–H and O–H groups in total. The topological polar surface area (TPSA) is 30.5 Å². The van der Waals surface area contributed by atoms with Crippen molar-refractivity contribution in [2.45, 2.75) is 6.10 Å². The van der Waals surface area contributed by atoms with Crippen molar-refractivity contribution < 1.29 is 9.47 Å². The molecule has 2 aromatic carbocycles. The molecule has 0 radical (unpaired) electrons. The maximum atomic E-state index is 5.95. The Labute approximate surface area is 112 Å². The summed E-state index contributed by atoms with van der Waals surface area (Å²) in [7, 11) is 1.69. The highest BCUT2D eigenvalue weighted by Gasteiger charge is 2.19. The third-order valence-electron chi connectivity index (χ3n) is 3.10. The molecule has 2 aromatic rings. The largest absolute Gasteiger partial charge is 0.496 e. The van der Waals surface area contributed by atoms with Crippen LogP contribution in [-0.4, -0.2) is 26.3 Å². The molecule has 1 fully saturated rings. The molecule has 4 heteroatoms. The van der Waals surface area contributed by atoms with Crippen LogP contribution in [-0.2, 0) is 0 Å². The van der Waals surface area contributed by atoms with Gasteiger partial charge in [-0.3, -0.25) is 0 Å². The van der Waals surface area contributed by atoms with Crippen LogP contribution in [0.25, 0.3) is 10.8 Å². The quantitative estimate of drug-likeness (QED) is 0.925. The van der Waals surface area contributed by atoms with Crippen LogP contribution >= 0.6 is 12.4 Å². The average molecular weight is 266 g/mol. The smallest absolute Gasteiger partial charge is 0.127 e. The molecule has 1 saturated heterocycles. The number of rotatable bonds is 3. The van der Waals surface area contributed by atoms with Crippen molar-refractivity contribution in [3.05, 3.63) is 36.4 Å². The number of methoxy groups -OCH3 is 1. The fourth-order valence-corrected chi connectivity index (χ4v) is 2.05. The minimum absolute atomic E-state index is 0. The van der Waals surface area contributed by atoms with Gasteiger partial charge in [0, 0.05) is 23.9 Å². The zero-order valence-electron chi connectivity index (χ0n) is 10.2. The van der Waals surface area contributed by atoms with Crippen molar-refractivity contribution >= 4 is 23.2 Å². The standard InChI is InChI=1S/C14H15NO2.ClH/c1-16-13-6-7-14(17-10-8-15-9-10)12-5-3-2-4-11(12)13;/h2-7,10,15H,8-9H2,1H3;1H. The molecule has 1 aliphatic rings. The Balaban J connectivity index is 0.00000120. The Morgan fingerprint density at radius 3 is 2.17 bits per heavy atom. The first-order valence-corrected chi connectivity index (χ1v) is 5.81. The molecule has 0 amide bonds. The van der Waals surface area contributed by atoms with Gasteiger partial charge >= 0.3 is 0 Å². The molecule has 1 aliphatic heterocycles. The predicted octanol–water partition coefficient (Wildman–Crippen LogP) is 2.62. The average Bonchev–Trinajstić information content (AvgIpc) is 2.33. The Hall–Kier alpha value is -1.45. The van der Waals surface area contributed by atoms with E-state index in [0.717, 1.165) is 35.4 Å². The van der Waals surface area contributed by atoms with E-state index in [1.165, 1.54) is 0 Å². The van der Waals surface area contributed by atoms with E-state index in [1.54, 1.807) is 7.11 Å². The highest BCUT2D eigenvalue weighted by atomic mass is 35.5. The van der Waals surface area contributed by atoms with E-state index in [-0.39, 0.29) is 12.4 Å². The molecule has 3 rings (SSSR count). The maximum absolute atomic E-state index is 5.95. The molecule has 0 atom stereocenters. The van der Waals surface area contributed by atoms with Gasteiger partial charge in [-0.05, 0) is 12.1 Å². The molecule has 0 bridgehead atoms. The van der Waals surface area contributed by atoms with E-state index in [2.05, 4.69) is 17.4 Å². The Morgan fingerprint density at radius 1 is 1.00 bits per heavy atom. The van der Waals surface area contributed by atoms with E-state index in [9.17, 15) is 0 Å². The zero-order chi connectivity index (χ0) is 11.7.